The summed E-state index contributed by atoms with van der Waals surface area (Å²) >= 11 is 5.83. The van der Waals surface area contributed by atoms with Gasteiger partial charge in [-0.05, 0) is 29.8 Å². The molecule has 3 rings (SSSR count). The Balaban J connectivity index is 1.74. The van der Waals surface area contributed by atoms with Gasteiger partial charge in [0.15, 0.2) is 5.65 Å². The van der Waals surface area contributed by atoms with E-state index >= 15 is 0 Å². The molecule has 0 aliphatic carbocycles. The lowest BCUT2D eigenvalue weighted by Gasteiger charge is -2.01. The van der Waals surface area contributed by atoms with Crippen LogP contribution in [0, 0.1) is 0 Å². The first-order chi connectivity index (χ1) is 8.81. The molecule has 1 aromatic carbocycles. The summed E-state index contributed by atoms with van der Waals surface area (Å²) in [5, 5.41) is 8.24. The first-order valence-electron chi connectivity index (χ1n) is 5.61. The molecule has 1 N–H and O–H groups in total. The average molecular weight is 259 g/mol. The fourth-order valence-corrected chi connectivity index (χ4v) is 1.82. The third kappa shape index (κ3) is 2.28. The van der Waals surface area contributed by atoms with Crippen molar-refractivity contribution in [2.75, 3.05) is 5.32 Å². The Morgan fingerprint density at radius 2 is 1.94 bits per heavy atom. The molecule has 0 saturated carbocycles. The van der Waals surface area contributed by atoms with Crippen molar-refractivity contribution in [1.82, 2.24) is 14.6 Å². The lowest BCUT2D eigenvalue weighted by Crippen LogP contribution is -2.00. The molecule has 0 unspecified atom stereocenters. The van der Waals surface area contributed by atoms with Gasteiger partial charge in [-0.2, -0.15) is 4.98 Å². The minimum Gasteiger partial charge on any atom is -0.349 e. The van der Waals surface area contributed by atoms with Gasteiger partial charge in [0, 0.05) is 17.8 Å². The number of halogens is 1. The van der Waals surface area contributed by atoms with Crippen molar-refractivity contribution in [1.29, 1.82) is 0 Å². The van der Waals surface area contributed by atoms with Crippen LogP contribution < -0.4 is 5.32 Å². The van der Waals surface area contributed by atoms with E-state index in [1.54, 1.807) is 4.52 Å². The number of rotatable bonds is 3. The van der Waals surface area contributed by atoms with Gasteiger partial charge in [0.05, 0.1) is 0 Å². The molecule has 90 valence electrons. The quantitative estimate of drug-likeness (QED) is 0.785. The number of hydrogen-bond acceptors (Lipinski definition) is 3. The Morgan fingerprint density at radius 3 is 2.72 bits per heavy atom. The van der Waals surface area contributed by atoms with Crippen LogP contribution in [0.1, 0.15) is 5.56 Å². The Hall–Kier alpha value is -2.07. The van der Waals surface area contributed by atoms with Gasteiger partial charge in [-0.25, -0.2) is 4.52 Å². The Labute approximate surface area is 109 Å². The summed E-state index contributed by atoms with van der Waals surface area (Å²) < 4.78 is 1.74. The van der Waals surface area contributed by atoms with Crippen LogP contribution in [-0.4, -0.2) is 14.6 Å². The van der Waals surface area contributed by atoms with Gasteiger partial charge in [0.25, 0.3) is 0 Å². The van der Waals surface area contributed by atoms with Gasteiger partial charge in [-0.1, -0.05) is 29.8 Å². The molecular weight excluding hydrogens is 248 g/mol. The number of hydrogen-bond donors (Lipinski definition) is 1. The second-order valence-corrected chi connectivity index (χ2v) is 4.36. The summed E-state index contributed by atoms with van der Waals surface area (Å²) in [6.07, 6.45) is 1.87. The normalized spacial score (nSPS) is 10.7. The lowest BCUT2D eigenvalue weighted by atomic mass is 10.2. The molecule has 0 fully saturated rings. The monoisotopic (exact) mass is 258 g/mol. The molecule has 0 aliphatic rings. The standard InChI is InChI=1S/C13H11ClN4/c14-11-6-4-10(5-7-11)9-15-13-16-12-3-1-2-8-18(12)17-13/h1-8H,9H2,(H,15,17). The van der Waals surface area contributed by atoms with E-state index in [1.165, 1.54) is 0 Å². The summed E-state index contributed by atoms with van der Waals surface area (Å²) in [4.78, 5) is 4.36. The molecule has 0 saturated heterocycles. The minimum atomic E-state index is 0.621. The number of aromatic nitrogens is 3. The van der Waals surface area contributed by atoms with Gasteiger partial charge in [-0.3, -0.25) is 0 Å². The first kappa shape index (κ1) is 11.0. The summed E-state index contributed by atoms with van der Waals surface area (Å²) in [5.41, 5.74) is 1.97. The number of fused-ring (bicyclic) bond motifs is 1. The predicted octanol–water partition coefficient (Wildman–Crippen LogP) is 2.99. The van der Waals surface area contributed by atoms with Crippen molar-refractivity contribution in [3.8, 4) is 0 Å². The number of benzene rings is 1. The number of anilines is 1. The SMILES string of the molecule is Clc1ccc(CNc2nc3ccccn3n2)cc1. The van der Waals surface area contributed by atoms with Crippen LogP contribution >= 0.6 is 11.6 Å². The highest BCUT2D eigenvalue weighted by molar-refractivity contribution is 6.30. The molecule has 0 atom stereocenters. The smallest absolute Gasteiger partial charge is 0.243 e. The van der Waals surface area contributed by atoms with Crippen molar-refractivity contribution in [3.63, 3.8) is 0 Å². The fourth-order valence-electron chi connectivity index (χ4n) is 1.69. The molecule has 0 amide bonds. The molecule has 2 heterocycles. The molecule has 18 heavy (non-hydrogen) atoms. The van der Waals surface area contributed by atoms with Gasteiger partial charge < -0.3 is 5.32 Å². The zero-order valence-corrected chi connectivity index (χ0v) is 10.3. The van der Waals surface area contributed by atoms with Crippen molar-refractivity contribution >= 4 is 23.2 Å². The Kier molecular flexibility index (Phi) is 2.86. The second kappa shape index (κ2) is 4.66. The van der Waals surface area contributed by atoms with E-state index in [0.29, 0.717) is 12.5 Å². The van der Waals surface area contributed by atoms with Gasteiger partial charge in [0.1, 0.15) is 0 Å². The predicted molar refractivity (Wildman–Crippen MR) is 71.8 cm³/mol. The van der Waals surface area contributed by atoms with E-state index in [1.807, 2.05) is 48.7 Å². The molecule has 5 heteroatoms. The largest absolute Gasteiger partial charge is 0.349 e. The highest BCUT2D eigenvalue weighted by atomic mass is 35.5. The molecule has 2 aromatic heterocycles. The molecule has 4 nitrogen and oxygen atoms in total. The van der Waals surface area contributed by atoms with Crippen LogP contribution in [0.2, 0.25) is 5.02 Å². The van der Waals surface area contributed by atoms with E-state index in [4.69, 9.17) is 11.6 Å². The minimum absolute atomic E-state index is 0.621. The fraction of sp³-hybridized carbons (Fsp3) is 0.0769. The highest BCUT2D eigenvalue weighted by Gasteiger charge is 2.01. The third-order valence-electron chi connectivity index (χ3n) is 2.61. The maximum atomic E-state index is 5.83. The van der Waals surface area contributed by atoms with Crippen molar-refractivity contribution in [2.45, 2.75) is 6.54 Å². The van der Waals surface area contributed by atoms with Crippen LogP contribution in [0.5, 0.6) is 0 Å². The summed E-state index contributed by atoms with van der Waals surface area (Å²) in [7, 11) is 0. The average Bonchev–Trinajstić information content (AvgIpc) is 2.81. The van der Waals surface area contributed by atoms with Crippen LogP contribution in [-0.2, 0) is 6.54 Å². The van der Waals surface area contributed by atoms with E-state index < -0.39 is 0 Å². The highest BCUT2D eigenvalue weighted by Crippen LogP contribution is 2.11. The maximum Gasteiger partial charge on any atom is 0.243 e. The second-order valence-electron chi connectivity index (χ2n) is 3.92. The van der Waals surface area contributed by atoms with Gasteiger partial charge in [-0.15, -0.1) is 5.10 Å². The Bertz CT molecular complexity index is 627. The van der Waals surface area contributed by atoms with Crippen molar-refractivity contribution < 1.29 is 0 Å². The number of nitrogens with one attached hydrogen (secondary N) is 1. The number of pyridine rings is 1. The van der Waals surface area contributed by atoms with E-state index in [0.717, 1.165) is 16.2 Å². The molecular formula is C13H11ClN4. The molecule has 0 bridgehead atoms. The van der Waals surface area contributed by atoms with Crippen LogP contribution in [0.25, 0.3) is 5.65 Å². The van der Waals surface area contributed by atoms with Crippen LogP contribution in [0.4, 0.5) is 5.95 Å². The zero-order chi connectivity index (χ0) is 12.4. The topological polar surface area (TPSA) is 42.2 Å². The van der Waals surface area contributed by atoms with Gasteiger partial charge >= 0.3 is 0 Å². The van der Waals surface area contributed by atoms with E-state index in [2.05, 4.69) is 15.4 Å². The van der Waals surface area contributed by atoms with E-state index in [9.17, 15) is 0 Å². The molecule has 0 spiro atoms. The van der Waals surface area contributed by atoms with E-state index in [-0.39, 0.29) is 0 Å². The maximum absolute atomic E-state index is 5.83. The summed E-state index contributed by atoms with van der Waals surface area (Å²) in [6, 6.07) is 13.5. The Morgan fingerprint density at radius 1 is 1.11 bits per heavy atom. The van der Waals surface area contributed by atoms with Crippen molar-refractivity contribution in [3.05, 3.63) is 59.2 Å². The van der Waals surface area contributed by atoms with Crippen LogP contribution in [0.15, 0.2) is 48.7 Å². The molecule has 0 radical (unpaired) electrons. The van der Waals surface area contributed by atoms with Crippen LogP contribution in [0.3, 0.4) is 0 Å². The number of nitrogens with zero attached hydrogens (tertiary/aromatic N) is 3. The first-order valence-corrected chi connectivity index (χ1v) is 5.99. The summed E-state index contributed by atoms with van der Waals surface area (Å²) in [6.45, 7) is 0.675. The molecule has 3 aromatic rings. The summed E-state index contributed by atoms with van der Waals surface area (Å²) in [5.74, 6) is 0.621. The van der Waals surface area contributed by atoms with Gasteiger partial charge in [0.2, 0.25) is 5.95 Å². The molecule has 0 aliphatic heterocycles. The third-order valence-corrected chi connectivity index (χ3v) is 2.86. The zero-order valence-electron chi connectivity index (χ0n) is 9.55. The van der Waals surface area contributed by atoms with Crippen molar-refractivity contribution in [2.24, 2.45) is 0 Å². The lowest BCUT2D eigenvalue weighted by molar-refractivity contribution is 0.950.